The van der Waals surface area contributed by atoms with Gasteiger partial charge in [0.1, 0.15) is 0 Å². The molecule has 0 aromatic heterocycles. The summed E-state index contributed by atoms with van der Waals surface area (Å²) in [5, 5.41) is 0. The summed E-state index contributed by atoms with van der Waals surface area (Å²) >= 11 is 0. The first kappa shape index (κ1) is 23.9. The molecule has 1 aliphatic heterocycles. The average molecular weight is 324 g/mol. The number of rotatable bonds is 1. The van der Waals surface area contributed by atoms with Crippen molar-refractivity contribution in [3.8, 4) is 0 Å². The van der Waals surface area contributed by atoms with Crippen LogP contribution in [-0.2, 0) is 22.5 Å². The molecule has 3 nitrogen and oxygen atoms in total. The molecule has 0 radical (unpaired) electrons. The van der Waals surface area contributed by atoms with Crippen LogP contribution in [-0.4, -0.2) is 30.6 Å². The summed E-state index contributed by atoms with van der Waals surface area (Å²) in [7, 11) is 1.71. The van der Waals surface area contributed by atoms with Crippen LogP contribution in [0.25, 0.3) is 0 Å². The van der Waals surface area contributed by atoms with Gasteiger partial charge >= 0.3 is 0 Å². The van der Waals surface area contributed by atoms with Gasteiger partial charge in [-0.25, -0.2) is 0 Å². The van der Waals surface area contributed by atoms with Gasteiger partial charge in [-0.1, -0.05) is 52.0 Å². The van der Waals surface area contributed by atoms with E-state index in [0.717, 1.165) is 32.3 Å². The van der Waals surface area contributed by atoms with Crippen molar-refractivity contribution in [3.05, 3.63) is 35.4 Å². The summed E-state index contributed by atoms with van der Waals surface area (Å²) in [5.74, 6) is 0. The van der Waals surface area contributed by atoms with E-state index in [9.17, 15) is 4.79 Å². The number of nitrogens with zero attached hydrogens (tertiary/aromatic N) is 1. The lowest BCUT2D eigenvalue weighted by Gasteiger charge is -2.14. The first-order chi connectivity index (χ1) is 11.0. The highest BCUT2D eigenvalue weighted by Crippen LogP contribution is 2.16. The third-order valence-corrected chi connectivity index (χ3v) is 3.14. The summed E-state index contributed by atoms with van der Waals surface area (Å²) in [5.41, 5.74) is 2.74. The van der Waals surface area contributed by atoms with Crippen LogP contribution < -0.4 is 0 Å². The van der Waals surface area contributed by atoms with Crippen molar-refractivity contribution in [2.24, 2.45) is 0 Å². The SMILES string of the molecule is CC.CC.COC(C)(C)C.O=CN1CCCc2ccccc2C1. The molecule has 0 fully saturated rings. The maximum absolute atomic E-state index is 10.6. The molecule has 23 heavy (non-hydrogen) atoms. The van der Waals surface area contributed by atoms with Gasteiger partial charge in [0.05, 0.1) is 5.60 Å². The number of ether oxygens (including phenoxy) is 1. The summed E-state index contributed by atoms with van der Waals surface area (Å²) < 4.78 is 4.94. The fourth-order valence-corrected chi connectivity index (χ4v) is 1.82. The minimum atomic E-state index is 0.0417. The van der Waals surface area contributed by atoms with Crippen molar-refractivity contribution in [2.45, 2.75) is 73.5 Å². The van der Waals surface area contributed by atoms with Gasteiger partial charge in [0, 0.05) is 20.2 Å². The summed E-state index contributed by atoms with van der Waals surface area (Å²) in [6.45, 7) is 15.7. The van der Waals surface area contributed by atoms with Crippen molar-refractivity contribution < 1.29 is 9.53 Å². The van der Waals surface area contributed by atoms with Crippen molar-refractivity contribution in [3.63, 3.8) is 0 Å². The van der Waals surface area contributed by atoms with Gasteiger partial charge in [-0.15, -0.1) is 0 Å². The lowest BCUT2D eigenvalue weighted by atomic mass is 10.0. The molecule has 0 spiro atoms. The molecule has 0 saturated carbocycles. The molecule has 1 amide bonds. The number of aryl methyl sites for hydroxylation is 1. The fraction of sp³-hybridized carbons (Fsp3) is 0.650. The molecule has 3 heteroatoms. The van der Waals surface area contributed by atoms with E-state index < -0.39 is 0 Å². The van der Waals surface area contributed by atoms with Crippen molar-refractivity contribution in [1.82, 2.24) is 4.90 Å². The molecule has 0 bridgehead atoms. The van der Waals surface area contributed by atoms with E-state index in [2.05, 4.69) is 18.2 Å². The Morgan fingerprint density at radius 3 is 1.96 bits per heavy atom. The highest BCUT2D eigenvalue weighted by atomic mass is 16.5. The number of hydrogen-bond donors (Lipinski definition) is 0. The maximum atomic E-state index is 10.6. The second kappa shape index (κ2) is 14.3. The molecule has 0 atom stereocenters. The van der Waals surface area contributed by atoms with Crippen LogP contribution in [0.15, 0.2) is 24.3 Å². The number of carbonyl (C=O) groups excluding carboxylic acids is 1. The molecular weight excluding hydrogens is 286 g/mol. The minimum Gasteiger partial charge on any atom is -0.379 e. The number of methoxy groups -OCH3 is 1. The quantitative estimate of drug-likeness (QED) is 0.675. The van der Waals surface area contributed by atoms with Crippen LogP contribution in [0.3, 0.4) is 0 Å². The Bertz CT molecular complexity index is 397. The maximum Gasteiger partial charge on any atom is 0.210 e. The van der Waals surface area contributed by atoms with E-state index in [1.807, 2.05) is 59.4 Å². The highest BCUT2D eigenvalue weighted by molar-refractivity contribution is 5.48. The molecule has 0 saturated heterocycles. The molecule has 1 aromatic carbocycles. The smallest absolute Gasteiger partial charge is 0.210 e. The molecule has 0 N–H and O–H groups in total. The number of benzene rings is 1. The molecular formula is C20H37NO2. The van der Waals surface area contributed by atoms with Gasteiger partial charge in [-0.2, -0.15) is 0 Å². The van der Waals surface area contributed by atoms with Crippen LogP contribution >= 0.6 is 0 Å². The summed E-state index contributed by atoms with van der Waals surface area (Å²) in [4.78, 5) is 12.5. The van der Waals surface area contributed by atoms with Crippen LogP contribution in [0.4, 0.5) is 0 Å². The number of carbonyl (C=O) groups is 1. The Hall–Kier alpha value is -1.35. The number of fused-ring (bicyclic) bond motifs is 1. The number of hydrogen-bond acceptors (Lipinski definition) is 2. The van der Waals surface area contributed by atoms with E-state index >= 15 is 0 Å². The van der Waals surface area contributed by atoms with Crippen molar-refractivity contribution in [2.75, 3.05) is 13.7 Å². The first-order valence-electron chi connectivity index (χ1n) is 8.77. The molecule has 134 valence electrons. The van der Waals surface area contributed by atoms with Gasteiger partial charge in [0.15, 0.2) is 0 Å². The Labute approximate surface area is 144 Å². The molecule has 1 aromatic rings. The van der Waals surface area contributed by atoms with Crippen LogP contribution in [0, 0.1) is 0 Å². The summed E-state index contributed by atoms with van der Waals surface area (Å²) in [6, 6.07) is 8.36. The largest absolute Gasteiger partial charge is 0.379 e. The average Bonchev–Trinajstić information content (AvgIpc) is 2.80. The van der Waals surface area contributed by atoms with Gasteiger partial charge in [0.25, 0.3) is 0 Å². The molecule has 0 unspecified atom stereocenters. The fourth-order valence-electron chi connectivity index (χ4n) is 1.82. The van der Waals surface area contributed by atoms with E-state index in [0.29, 0.717) is 0 Å². The Kier molecular flexibility index (Phi) is 14.8. The molecule has 1 heterocycles. The standard InChI is InChI=1S/C11H13NO.C5H12O.2C2H6/c13-9-12-7-3-6-10-4-1-2-5-11(10)8-12;1-5(2,3)6-4;2*1-2/h1-2,4-5,9H,3,6-8H2;1-4H3;2*1-2H3. The van der Waals surface area contributed by atoms with Gasteiger partial charge in [-0.05, 0) is 44.7 Å². The first-order valence-corrected chi connectivity index (χ1v) is 8.77. The monoisotopic (exact) mass is 323 g/mol. The van der Waals surface area contributed by atoms with Gasteiger partial charge in [0.2, 0.25) is 6.41 Å². The van der Waals surface area contributed by atoms with Crippen molar-refractivity contribution in [1.29, 1.82) is 0 Å². The zero-order chi connectivity index (χ0) is 18.3. The molecule has 0 aliphatic carbocycles. The second-order valence-corrected chi connectivity index (χ2v) is 5.76. The topological polar surface area (TPSA) is 29.5 Å². The van der Waals surface area contributed by atoms with Crippen LogP contribution in [0.1, 0.15) is 66.0 Å². The lowest BCUT2D eigenvalue weighted by molar-refractivity contribution is -0.118. The zero-order valence-electron chi connectivity index (χ0n) is 16.5. The Morgan fingerprint density at radius 2 is 1.52 bits per heavy atom. The predicted octanol–water partition coefficient (Wildman–Crippen LogP) is 5.07. The Morgan fingerprint density at radius 1 is 1.04 bits per heavy atom. The lowest BCUT2D eigenvalue weighted by Crippen LogP contribution is -2.20. The van der Waals surface area contributed by atoms with Crippen LogP contribution in [0.5, 0.6) is 0 Å². The Balaban J connectivity index is 0. The van der Waals surface area contributed by atoms with Gasteiger partial charge < -0.3 is 9.64 Å². The normalized spacial score (nSPS) is 12.8. The minimum absolute atomic E-state index is 0.0417. The van der Waals surface area contributed by atoms with Crippen LogP contribution in [0.2, 0.25) is 0 Å². The molecule has 2 rings (SSSR count). The highest BCUT2D eigenvalue weighted by Gasteiger charge is 2.11. The third-order valence-electron chi connectivity index (χ3n) is 3.14. The third kappa shape index (κ3) is 11.8. The number of amides is 1. The van der Waals surface area contributed by atoms with E-state index in [1.54, 1.807) is 7.11 Å². The van der Waals surface area contributed by atoms with E-state index in [4.69, 9.17) is 4.74 Å². The molecule has 1 aliphatic rings. The summed E-state index contributed by atoms with van der Waals surface area (Å²) in [6.07, 6.45) is 3.12. The zero-order valence-corrected chi connectivity index (χ0v) is 16.5. The van der Waals surface area contributed by atoms with E-state index in [1.165, 1.54) is 11.1 Å². The van der Waals surface area contributed by atoms with Gasteiger partial charge in [-0.3, -0.25) is 4.79 Å². The second-order valence-electron chi connectivity index (χ2n) is 5.76. The predicted molar refractivity (Wildman–Crippen MR) is 101 cm³/mol. The van der Waals surface area contributed by atoms with E-state index in [-0.39, 0.29) is 5.60 Å². The van der Waals surface area contributed by atoms with Crippen molar-refractivity contribution >= 4 is 6.41 Å².